The molecule has 6 heteroatoms. The van der Waals surface area contributed by atoms with E-state index in [0.717, 1.165) is 37.7 Å². The van der Waals surface area contributed by atoms with E-state index >= 15 is 0 Å². The summed E-state index contributed by atoms with van der Waals surface area (Å²) in [6.07, 6.45) is 8.40. The maximum absolute atomic E-state index is 13.9. The summed E-state index contributed by atoms with van der Waals surface area (Å²) in [6.45, 7) is 21.8. The fourth-order valence-electron chi connectivity index (χ4n) is 3.88. The number of unbranched alkanes of at least 4 members (excludes halogenated alkanes) is 4. The second kappa shape index (κ2) is 16.9. The van der Waals surface area contributed by atoms with Crippen molar-refractivity contribution in [2.24, 2.45) is 5.41 Å². The van der Waals surface area contributed by atoms with Crippen LogP contribution in [0.4, 0.5) is 0 Å². The van der Waals surface area contributed by atoms with Gasteiger partial charge in [0.1, 0.15) is 0 Å². The van der Waals surface area contributed by atoms with Crippen molar-refractivity contribution in [1.82, 2.24) is 0 Å². The lowest BCUT2D eigenvalue weighted by atomic mass is 9.83. The summed E-state index contributed by atoms with van der Waals surface area (Å²) in [4.78, 5) is 26.8. The van der Waals surface area contributed by atoms with Gasteiger partial charge in [-0.1, -0.05) is 116 Å². The van der Waals surface area contributed by atoms with Gasteiger partial charge in [0.2, 0.25) is 0 Å². The van der Waals surface area contributed by atoms with Gasteiger partial charge in [0.25, 0.3) is 0 Å². The second-order valence-corrected chi connectivity index (χ2v) is 17.4. The van der Waals surface area contributed by atoms with Crippen molar-refractivity contribution < 1.29 is 23.5 Å². The van der Waals surface area contributed by atoms with Crippen molar-refractivity contribution in [1.29, 1.82) is 0 Å². The van der Waals surface area contributed by atoms with Crippen LogP contribution in [0, 0.1) is 5.41 Å². The Morgan fingerprint density at radius 1 is 0.974 bits per heavy atom. The molecule has 0 saturated carbocycles. The van der Waals surface area contributed by atoms with Crippen LogP contribution < -0.4 is 0 Å². The summed E-state index contributed by atoms with van der Waals surface area (Å²) in [5, 5.41) is 0.0763. The molecule has 0 aliphatic carbocycles. The van der Waals surface area contributed by atoms with E-state index < -0.39 is 19.8 Å². The minimum absolute atomic E-state index is 0.0763. The lowest BCUT2D eigenvalue weighted by molar-refractivity contribution is -0.157. The van der Waals surface area contributed by atoms with E-state index in [-0.39, 0.29) is 23.4 Å². The largest absolute Gasteiger partial charge is 0.450 e. The van der Waals surface area contributed by atoms with Crippen LogP contribution in [0.2, 0.25) is 18.1 Å². The maximum Gasteiger partial charge on any atom is 0.306 e. The lowest BCUT2D eigenvalue weighted by Gasteiger charge is -2.36. The zero-order valence-electron chi connectivity index (χ0n) is 25.9. The van der Waals surface area contributed by atoms with E-state index in [1.807, 2.05) is 44.2 Å². The molecule has 1 aromatic carbocycles. The zero-order valence-corrected chi connectivity index (χ0v) is 26.9. The van der Waals surface area contributed by atoms with E-state index in [2.05, 4.69) is 47.4 Å². The number of hydrogen-bond acceptors (Lipinski definition) is 5. The first kappa shape index (κ1) is 35.0. The number of rotatable bonds is 19. The number of esters is 1. The summed E-state index contributed by atoms with van der Waals surface area (Å²) in [5.74, 6) is -0.513. The summed E-state index contributed by atoms with van der Waals surface area (Å²) < 4.78 is 18.3. The van der Waals surface area contributed by atoms with Crippen LogP contribution in [-0.4, -0.2) is 39.4 Å². The van der Waals surface area contributed by atoms with E-state index in [1.165, 1.54) is 0 Å². The summed E-state index contributed by atoms with van der Waals surface area (Å²) in [6, 6.07) is 9.87. The molecule has 0 aliphatic heterocycles. The number of allylic oxidation sites excluding steroid dienone is 2. The topological polar surface area (TPSA) is 61.8 Å². The molecule has 0 N–H and O–H groups in total. The number of hydrogen-bond donors (Lipinski definition) is 0. The van der Waals surface area contributed by atoms with Crippen LogP contribution in [0.1, 0.15) is 92.1 Å². The Bertz CT molecular complexity index is 912. The molecule has 5 nitrogen and oxygen atoms in total. The Kier molecular flexibility index (Phi) is 15.2. The van der Waals surface area contributed by atoms with Gasteiger partial charge in [-0.2, -0.15) is 0 Å². The molecule has 0 aliphatic rings. The SMILES string of the molecule is C=C/C=C(\CCO[Si](C)(C)C(C)(C)C)[C@H](OC(=O)CCCCCCC)C(=O)C(C)(C)COCc1ccccc1. The first-order valence-corrected chi connectivity index (χ1v) is 17.5. The fourth-order valence-corrected chi connectivity index (χ4v) is 4.92. The molecule has 1 aromatic rings. The first-order valence-electron chi connectivity index (χ1n) is 14.6. The van der Waals surface area contributed by atoms with Gasteiger partial charge in [-0.25, -0.2) is 0 Å². The Hall–Kier alpha value is -2.02. The minimum atomic E-state index is -1.97. The fraction of sp³-hybridized carbons (Fsp3) is 0.636. The number of Topliss-reactive ketones (excluding diaryl/α,β-unsaturated/α-hetero) is 1. The molecule has 0 bridgehead atoms. The predicted octanol–water partition coefficient (Wildman–Crippen LogP) is 8.60. The summed E-state index contributed by atoms with van der Waals surface area (Å²) in [7, 11) is -1.97. The molecule has 0 spiro atoms. The van der Waals surface area contributed by atoms with Crippen LogP contribution in [0.3, 0.4) is 0 Å². The van der Waals surface area contributed by atoms with Gasteiger partial charge in [0.15, 0.2) is 20.2 Å². The van der Waals surface area contributed by atoms with Gasteiger partial charge in [0.05, 0.1) is 18.6 Å². The van der Waals surface area contributed by atoms with Crippen molar-refractivity contribution >= 4 is 20.1 Å². The molecular weight excluding hydrogens is 504 g/mol. The molecule has 1 rings (SSSR count). The summed E-state index contributed by atoms with van der Waals surface area (Å²) >= 11 is 0. The molecule has 0 heterocycles. The van der Waals surface area contributed by atoms with Crippen LogP contribution in [0.15, 0.2) is 54.6 Å². The van der Waals surface area contributed by atoms with Crippen LogP contribution in [0.25, 0.3) is 0 Å². The van der Waals surface area contributed by atoms with Crippen LogP contribution in [-0.2, 0) is 30.1 Å². The van der Waals surface area contributed by atoms with Gasteiger partial charge in [-0.15, -0.1) is 0 Å². The highest BCUT2D eigenvalue weighted by molar-refractivity contribution is 6.74. The van der Waals surface area contributed by atoms with Crippen molar-refractivity contribution in [2.45, 2.75) is 117 Å². The molecule has 1 atom stereocenters. The van der Waals surface area contributed by atoms with Gasteiger partial charge >= 0.3 is 5.97 Å². The third-order valence-corrected chi connectivity index (χ3v) is 12.1. The Morgan fingerprint density at radius 2 is 1.62 bits per heavy atom. The smallest absolute Gasteiger partial charge is 0.306 e. The lowest BCUT2D eigenvalue weighted by Crippen LogP contribution is -2.43. The second-order valence-electron chi connectivity index (χ2n) is 12.6. The molecule has 0 amide bonds. The highest BCUT2D eigenvalue weighted by Crippen LogP contribution is 2.37. The molecule has 220 valence electrons. The molecule has 0 radical (unpaired) electrons. The monoisotopic (exact) mass is 558 g/mol. The third kappa shape index (κ3) is 12.8. The van der Waals surface area contributed by atoms with E-state index in [9.17, 15) is 9.59 Å². The highest BCUT2D eigenvalue weighted by Gasteiger charge is 2.40. The van der Waals surface area contributed by atoms with E-state index in [4.69, 9.17) is 13.9 Å². The molecule has 0 aromatic heterocycles. The van der Waals surface area contributed by atoms with Crippen molar-refractivity contribution in [3.8, 4) is 0 Å². The zero-order chi connectivity index (χ0) is 29.5. The van der Waals surface area contributed by atoms with Gasteiger partial charge in [0, 0.05) is 13.0 Å². The third-order valence-electron chi connectivity index (χ3n) is 7.54. The number of carbonyl (C=O) groups is 2. The molecular formula is C33H54O5Si. The highest BCUT2D eigenvalue weighted by atomic mass is 28.4. The number of ketones is 1. The van der Waals surface area contributed by atoms with E-state index in [1.54, 1.807) is 12.2 Å². The predicted molar refractivity (Wildman–Crippen MR) is 164 cm³/mol. The van der Waals surface area contributed by atoms with Crippen molar-refractivity contribution in [2.75, 3.05) is 13.2 Å². The number of benzene rings is 1. The Morgan fingerprint density at radius 3 is 2.21 bits per heavy atom. The number of carbonyl (C=O) groups excluding carboxylic acids is 2. The number of ether oxygens (including phenoxy) is 2. The van der Waals surface area contributed by atoms with Gasteiger partial charge in [-0.05, 0) is 42.1 Å². The molecule has 0 fully saturated rings. The average molecular weight is 559 g/mol. The normalized spacial score (nSPS) is 13.7. The Balaban J connectivity index is 3.03. The summed E-state index contributed by atoms with van der Waals surface area (Å²) in [5.41, 5.74) is 0.896. The minimum Gasteiger partial charge on any atom is -0.450 e. The van der Waals surface area contributed by atoms with Gasteiger partial charge in [-0.3, -0.25) is 9.59 Å². The van der Waals surface area contributed by atoms with Crippen LogP contribution >= 0.6 is 0 Å². The molecule has 0 saturated heterocycles. The van der Waals surface area contributed by atoms with Crippen molar-refractivity contribution in [3.63, 3.8) is 0 Å². The van der Waals surface area contributed by atoms with Crippen LogP contribution in [0.5, 0.6) is 0 Å². The Labute approximate surface area is 239 Å². The van der Waals surface area contributed by atoms with Gasteiger partial charge < -0.3 is 13.9 Å². The standard InChI is InChI=1S/C33H54O5Si/c1-10-12-13-14-18-22-29(34)38-30(28(19-11-2)23-24-37-39(8,9)32(3,4)5)31(35)33(6,7)26-36-25-27-20-16-15-17-21-27/h11,15-17,19-21,30H,2,10,12-14,18,22-26H2,1,3-9H3/b28-19+/t30-/m0/s1. The first-order chi connectivity index (χ1) is 18.2. The van der Waals surface area contributed by atoms with E-state index in [0.29, 0.717) is 31.6 Å². The molecule has 39 heavy (non-hydrogen) atoms. The quantitative estimate of drug-likeness (QED) is 0.0736. The maximum atomic E-state index is 13.9. The van der Waals surface area contributed by atoms with Crippen molar-refractivity contribution in [3.05, 3.63) is 60.2 Å². The average Bonchev–Trinajstić information content (AvgIpc) is 2.86. The molecule has 0 unspecified atom stereocenters.